The number of amides is 1. The second-order valence-electron chi connectivity index (χ2n) is 6.59. The van der Waals surface area contributed by atoms with Crippen LogP contribution in [0.2, 0.25) is 0 Å². The van der Waals surface area contributed by atoms with Crippen molar-refractivity contribution >= 4 is 17.7 Å². The van der Waals surface area contributed by atoms with Crippen LogP contribution >= 0.6 is 11.8 Å². The number of rotatable bonds is 5. The molecule has 24 heavy (non-hydrogen) atoms. The van der Waals surface area contributed by atoms with Crippen LogP contribution in [-0.4, -0.2) is 38.8 Å². The Bertz CT molecular complexity index is 756. The molecule has 1 saturated carbocycles. The minimum absolute atomic E-state index is 0.0170. The summed E-state index contributed by atoms with van der Waals surface area (Å²) in [7, 11) is 0. The van der Waals surface area contributed by atoms with E-state index in [1.807, 2.05) is 38.1 Å². The van der Waals surface area contributed by atoms with Crippen molar-refractivity contribution in [3.05, 3.63) is 35.7 Å². The Morgan fingerprint density at radius 2 is 2.08 bits per heavy atom. The molecule has 0 spiro atoms. The van der Waals surface area contributed by atoms with Crippen LogP contribution in [0.25, 0.3) is 11.4 Å². The third-order valence-electron chi connectivity index (χ3n) is 4.72. The van der Waals surface area contributed by atoms with Gasteiger partial charge in [-0.3, -0.25) is 4.79 Å². The predicted octanol–water partition coefficient (Wildman–Crippen LogP) is 3.60. The highest BCUT2D eigenvalue weighted by Gasteiger charge is 2.41. The van der Waals surface area contributed by atoms with Crippen LogP contribution in [0.3, 0.4) is 0 Å². The Morgan fingerprint density at radius 1 is 1.29 bits per heavy atom. The Kier molecular flexibility index (Phi) is 4.08. The fraction of sp³-hybridized carbons (Fsp3) is 0.500. The molecule has 126 valence electrons. The van der Waals surface area contributed by atoms with E-state index in [2.05, 4.69) is 15.0 Å². The highest BCUT2D eigenvalue weighted by atomic mass is 32.2. The molecule has 1 amide bonds. The van der Waals surface area contributed by atoms with Gasteiger partial charge in [0, 0.05) is 18.2 Å². The molecule has 1 aromatic heterocycles. The number of aryl methyl sites for hydroxylation is 1. The van der Waals surface area contributed by atoms with E-state index in [0.29, 0.717) is 17.8 Å². The predicted molar refractivity (Wildman–Crippen MR) is 93.6 cm³/mol. The molecular weight excluding hydrogens is 322 g/mol. The monoisotopic (exact) mass is 343 g/mol. The zero-order chi connectivity index (χ0) is 16.7. The van der Waals surface area contributed by atoms with Gasteiger partial charge in [-0.1, -0.05) is 29.4 Å². The van der Waals surface area contributed by atoms with Crippen LogP contribution in [0, 0.1) is 6.92 Å². The lowest BCUT2D eigenvalue weighted by Gasteiger charge is -2.16. The minimum atomic E-state index is 0.0170. The molecule has 2 unspecified atom stereocenters. The van der Waals surface area contributed by atoms with Gasteiger partial charge in [0.25, 0.3) is 0 Å². The molecule has 1 saturated heterocycles. The molecule has 6 heteroatoms. The quantitative estimate of drug-likeness (QED) is 0.830. The van der Waals surface area contributed by atoms with Gasteiger partial charge in [-0.15, -0.1) is 11.8 Å². The van der Waals surface area contributed by atoms with Crippen LogP contribution < -0.4 is 0 Å². The molecule has 5 nitrogen and oxygen atoms in total. The normalized spacial score (nSPS) is 22.2. The van der Waals surface area contributed by atoms with Gasteiger partial charge in [0.05, 0.1) is 10.5 Å². The van der Waals surface area contributed by atoms with Gasteiger partial charge in [0.1, 0.15) is 0 Å². The lowest BCUT2D eigenvalue weighted by Crippen LogP contribution is -2.30. The first-order valence-corrected chi connectivity index (χ1v) is 9.43. The van der Waals surface area contributed by atoms with Crippen LogP contribution in [-0.2, 0) is 4.79 Å². The van der Waals surface area contributed by atoms with Gasteiger partial charge < -0.3 is 9.42 Å². The van der Waals surface area contributed by atoms with Gasteiger partial charge in [-0.25, -0.2) is 0 Å². The van der Waals surface area contributed by atoms with Crippen LogP contribution in [0.1, 0.15) is 42.9 Å². The summed E-state index contributed by atoms with van der Waals surface area (Å²) in [6.45, 7) is 4.96. The van der Waals surface area contributed by atoms with Crippen molar-refractivity contribution in [2.24, 2.45) is 0 Å². The summed E-state index contributed by atoms with van der Waals surface area (Å²) in [6, 6.07) is 8.51. The fourth-order valence-corrected chi connectivity index (χ4v) is 4.39. The molecule has 1 aliphatic carbocycles. The second kappa shape index (κ2) is 6.24. The number of hydrogen-bond acceptors (Lipinski definition) is 5. The van der Waals surface area contributed by atoms with Crippen molar-refractivity contribution in [1.29, 1.82) is 0 Å². The summed E-state index contributed by atoms with van der Waals surface area (Å²) < 4.78 is 5.46. The smallest absolute Gasteiger partial charge is 0.239 e. The van der Waals surface area contributed by atoms with Crippen LogP contribution in [0.5, 0.6) is 0 Å². The highest BCUT2D eigenvalue weighted by molar-refractivity contribution is 8.00. The standard InChI is InChI=1S/C18H21N3O2S/c1-11-5-3-4-6-14(11)16-19-17(23-20-16)12(2)24-15-9-10-21(18(15)22)13-7-8-13/h3-6,12-13,15H,7-10H2,1-2H3. The summed E-state index contributed by atoms with van der Waals surface area (Å²) in [4.78, 5) is 19.1. The highest BCUT2D eigenvalue weighted by Crippen LogP contribution is 2.39. The summed E-state index contributed by atoms with van der Waals surface area (Å²) in [6.07, 6.45) is 3.26. The van der Waals surface area contributed by atoms with E-state index < -0.39 is 0 Å². The van der Waals surface area contributed by atoms with Crippen molar-refractivity contribution in [2.75, 3.05) is 6.54 Å². The van der Waals surface area contributed by atoms with E-state index in [1.165, 1.54) is 12.8 Å². The molecule has 4 rings (SSSR count). The third-order valence-corrected chi connectivity index (χ3v) is 6.10. The first-order valence-electron chi connectivity index (χ1n) is 8.49. The van der Waals surface area contributed by atoms with E-state index in [9.17, 15) is 4.79 Å². The number of carbonyl (C=O) groups excluding carboxylic acids is 1. The summed E-state index contributed by atoms with van der Waals surface area (Å²) >= 11 is 1.64. The van der Waals surface area contributed by atoms with Crippen molar-refractivity contribution in [1.82, 2.24) is 15.0 Å². The van der Waals surface area contributed by atoms with E-state index in [-0.39, 0.29) is 16.4 Å². The van der Waals surface area contributed by atoms with E-state index in [0.717, 1.165) is 24.1 Å². The Hall–Kier alpha value is -1.82. The van der Waals surface area contributed by atoms with Gasteiger partial charge in [-0.2, -0.15) is 4.98 Å². The average molecular weight is 343 g/mol. The van der Waals surface area contributed by atoms with Gasteiger partial charge in [-0.05, 0) is 38.7 Å². The molecule has 2 heterocycles. The number of likely N-dealkylation sites (tertiary alicyclic amines) is 1. The summed E-state index contributed by atoms with van der Waals surface area (Å²) in [5.74, 6) is 1.50. The number of thioether (sulfide) groups is 1. The topological polar surface area (TPSA) is 59.2 Å². The number of benzene rings is 1. The average Bonchev–Trinajstić information content (AvgIpc) is 3.18. The van der Waals surface area contributed by atoms with Crippen molar-refractivity contribution in [3.8, 4) is 11.4 Å². The zero-order valence-corrected chi connectivity index (χ0v) is 14.8. The molecule has 2 atom stereocenters. The first-order chi connectivity index (χ1) is 11.6. The maximum absolute atomic E-state index is 12.5. The molecule has 2 fully saturated rings. The van der Waals surface area contributed by atoms with Crippen LogP contribution in [0.15, 0.2) is 28.8 Å². The van der Waals surface area contributed by atoms with Crippen molar-refractivity contribution in [3.63, 3.8) is 0 Å². The lowest BCUT2D eigenvalue weighted by molar-refractivity contribution is -0.127. The van der Waals surface area contributed by atoms with Crippen molar-refractivity contribution in [2.45, 2.75) is 49.7 Å². The molecule has 0 N–H and O–H groups in total. The summed E-state index contributed by atoms with van der Waals surface area (Å²) in [5, 5.41) is 4.16. The number of hydrogen-bond donors (Lipinski definition) is 0. The molecular formula is C18H21N3O2S. The van der Waals surface area contributed by atoms with Gasteiger partial charge in [0.15, 0.2) is 0 Å². The second-order valence-corrected chi connectivity index (χ2v) is 8.14. The van der Waals surface area contributed by atoms with Gasteiger partial charge in [0.2, 0.25) is 17.6 Å². The van der Waals surface area contributed by atoms with Crippen LogP contribution in [0.4, 0.5) is 0 Å². The zero-order valence-electron chi connectivity index (χ0n) is 13.9. The number of aromatic nitrogens is 2. The minimum Gasteiger partial charge on any atom is -0.339 e. The maximum atomic E-state index is 12.5. The summed E-state index contributed by atoms with van der Waals surface area (Å²) in [5.41, 5.74) is 2.11. The fourth-order valence-electron chi connectivity index (χ4n) is 3.19. The molecule has 2 aromatic rings. The van der Waals surface area contributed by atoms with E-state index in [1.54, 1.807) is 11.8 Å². The Labute approximate surface area is 145 Å². The SMILES string of the molecule is Cc1ccccc1-c1noc(C(C)SC2CCN(C3CC3)C2=O)n1. The maximum Gasteiger partial charge on any atom is 0.239 e. The Morgan fingerprint density at radius 3 is 2.83 bits per heavy atom. The molecule has 2 aliphatic rings. The largest absolute Gasteiger partial charge is 0.339 e. The number of carbonyl (C=O) groups is 1. The van der Waals surface area contributed by atoms with Gasteiger partial charge >= 0.3 is 0 Å². The molecule has 1 aliphatic heterocycles. The molecule has 0 bridgehead atoms. The third kappa shape index (κ3) is 2.95. The number of nitrogens with zero attached hydrogens (tertiary/aromatic N) is 3. The van der Waals surface area contributed by atoms with E-state index >= 15 is 0 Å². The molecule has 1 aromatic carbocycles. The van der Waals surface area contributed by atoms with Crippen molar-refractivity contribution < 1.29 is 9.32 Å². The van der Waals surface area contributed by atoms with E-state index in [4.69, 9.17) is 4.52 Å². The lowest BCUT2D eigenvalue weighted by atomic mass is 10.1. The molecule has 0 radical (unpaired) electrons. The first kappa shape index (κ1) is 15.7. The Balaban J connectivity index is 1.45.